The van der Waals surface area contributed by atoms with Crippen LogP contribution in [-0.4, -0.2) is 41.5 Å². The predicted octanol–water partition coefficient (Wildman–Crippen LogP) is 2.93. The molecular weight excluding hydrogens is 336 g/mol. The van der Waals surface area contributed by atoms with Crippen molar-refractivity contribution in [2.24, 2.45) is 5.92 Å². The second kappa shape index (κ2) is 7.40. The Hall–Kier alpha value is -2.87. The number of hydrogen-bond acceptors (Lipinski definition) is 4. The highest BCUT2D eigenvalue weighted by molar-refractivity contribution is 5.79. The molecule has 1 aromatic carbocycles. The van der Waals surface area contributed by atoms with Crippen molar-refractivity contribution in [2.45, 2.75) is 32.2 Å². The molecule has 1 amide bonds. The number of carbonyl (C=O) groups excluding carboxylic acids is 1. The summed E-state index contributed by atoms with van der Waals surface area (Å²) >= 11 is 0. The number of anilines is 1. The number of carbonyl (C=O) groups is 1. The SMILES string of the molecule is Cc1cccc(CC(=O)N2CCC3CCN(c4ncccc4C#N)CC32)c1. The van der Waals surface area contributed by atoms with Crippen LogP contribution in [-0.2, 0) is 11.2 Å². The minimum atomic E-state index is 0.205. The van der Waals surface area contributed by atoms with E-state index in [-0.39, 0.29) is 11.9 Å². The topological polar surface area (TPSA) is 60.2 Å². The lowest BCUT2D eigenvalue weighted by molar-refractivity contribution is -0.131. The molecule has 0 N–H and O–H groups in total. The number of amides is 1. The minimum Gasteiger partial charge on any atom is -0.353 e. The lowest BCUT2D eigenvalue weighted by atomic mass is 9.92. The van der Waals surface area contributed by atoms with Crippen molar-refractivity contribution >= 4 is 11.7 Å². The molecule has 138 valence electrons. The monoisotopic (exact) mass is 360 g/mol. The average Bonchev–Trinajstić information content (AvgIpc) is 3.11. The second-order valence-electron chi connectivity index (χ2n) is 7.59. The molecule has 0 radical (unpaired) electrons. The number of nitriles is 1. The zero-order valence-corrected chi connectivity index (χ0v) is 15.6. The third-order valence-electron chi connectivity index (χ3n) is 5.83. The highest BCUT2D eigenvalue weighted by Crippen LogP contribution is 2.34. The summed E-state index contributed by atoms with van der Waals surface area (Å²) in [7, 11) is 0. The van der Waals surface area contributed by atoms with E-state index in [1.165, 1.54) is 5.56 Å². The van der Waals surface area contributed by atoms with Crippen LogP contribution in [0.4, 0.5) is 5.82 Å². The number of fused-ring (bicyclic) bond motifs is 1. The third kappa shape index (κ3) is 3.52. The molecule has 27 heavy (non-hydrogen) atoms. The summed E-state index contributed by atoms with van der Waals surface area (Å²) in [6.07, 6.45) is 4.31. The molecule has 0 saturated carbocycles. The number of nitrogens with zero attached hydrogens (tertiary/aromatic N) is 4. The van der Waals surface area contributed by atoms with Gasteiger partial charge in [-0.15, -0.1) is 0 Å². The van der Waals surface area contributed by atoms with Gasteiger partial charge in [-0.1, -0.05) is 29.8 Å². The van der Waals surface area contributed by atoms with Gasteiger partial charge >= 0.3 is 0 Å². The Morgan fingerprint density at radius 2 is 2.11 bits per heavy atom. The molecule has 2 aliphatic heterocycles. The summed E-state index contributed by atoms with van der Waals surface area (Å²) < 4.78 is 0. The van der Waals surface area contributed by atoms with Crippen molar-refractivity contribution in [3.05, 3.63) is 59.3 Å². The van der Waals surface area contributed by atoms with Crippen molar-refractivity contribution < 1.29 is 4.79 Å². The first-order chi connectivity index (χ1) is 13.2. The molecule has 5 nitrogen and oxygen atoms in total. The molecule has 2 unspecified atom stereocenters. The smallest absolute Gasteiger partial charge is 0.227 e. The fourth-order valence-corrected chi connectivity index (χ4v) is 4.48. The van der Waals surface area contributed by atoms with Crippen LogP contribution in [0.3, 0.4) is 0 Å². The number of aromatic nitrogens is 1. The highest BCUT2D eigenvalue weighted by Gasteiger charge is 2.41. The largest absolute Gasteiger partial charge is 0.353 e. The van der Waals surface area contributed by atoms with Gasteiger partial charge in [0.05, 0.1) is 18.0 Å². The van der Waals surface area contributed by atoms with E-state index in [4.69, 9.17) is 0 Å². The van der Waals surface area contributed by atoms with Crippen molar-refractivity contribution in [3.8, 4) is 6.07 Å². The molecule has 2 fully saturated rings. The van der Waals surface area contributed by atoms with Crippen molar-refractivity contribution in [1.29, 1.82) is 5.26 Å². The van der Waals surface area contributed by atoms with Crippen LogP contribution in [0.15, 0.2) is 42.6 Å². The molecule has 2 aromatic rings. The van der Waals surface area contributed by atoms with Gasteiger partial charge in [-0.3, -0.25) is 4.79 Å². The first kappa shape index (κ1) is 17.5. The number of rotatable bonds is 3. The lowest BCUT2D eigenvalue weighted by Gasteiger charge is -2.39. The Morgan fingerprint density at radius 3 is 2.93 bits per heavy atom. The van der Waals surface area contributed by atoms with Crippen molar-refractivity contribution in [1.82, 2.24) is 9.88 Å². The minimum absolute atomic E-state index is 0.205. The number of piperidine rings is 1. The van der Waals surface area contributed by atoms with Gasteiger partial charge < -0.3 is 9.80 Å². The Balaban J connectivity index is 1.50. The molecule has 2 atom stereocenters. The Bertz CT molecular complexity index is 888. The highest BCUT2D eigenvalue weighted by atomic mass is 16.2. The first-order valence-electron chi connectivity index (χ1n) is 9.61. The van der Waals surface area contributed by atoms with Crippen LogP contribution in [0.2, 0.25) is 0 Å². The van der Waals surface area contributed by atoms with Crippen LogP contribution < -0.4 is 4.90 Å². The molecule has 1 aromatic heterocycles. The van der Waals surface area contributed by atoms with Crippen LogP contribution in [0.5, 0.6) is 0 Å². The fraction of sp³-hybridized carbons (Fsp3) is 0.409. The number of likely N-dealkylation sites (tertiary alicyclic amines) is 1. The zero-order chi connectivity index (χ0) is 18.8. The van der Waals surface area contributed by atoms with Gasteiger partial charge in [0.25, 0.3) is 0 Å². The fourth-order valence-electron chi connectivity index (χ4n) is 4.48. The lowest BCUT2D eigenvalue weighted by Crippen LogP contribution is -2.50. The normalized spacial score (nSPS) is 21.6. The Kier molecular flexibility index (Phi) is 4.81. The summed E-state index contributed by atoms with van der Waals surface area (Å²) in [6.45, 7) is 4.54. The van der Waals surface area contributed by atoms with Crippen molar-refractivity contribution in [2.75, 3.05) is 24.5 Å². The van der Waals surface area contributed by atoms with Gasteiger partial charge in [0, 0.05) is 25.8 Å². The van der Waals surface area contributed by atoms with Gasteiger partial charge in [-0.25, -0.2) is 4.98 Å². The quantitative estimate of drug-likeness (QED) is 0.844. The molecule has 2 saturated heterocycles. The standard InChI is InChI=1S/C22H24N4O/c1-16-4-2-5-17(12-16)13-21(27)26-11-8-18-7-10-25(15-20(18)26)22-19(14-23)6-3-9-24-22/h2-6,9,12,18,20H,7-8,10-11,13,15H2,1H3. The zero-order valence-electron chi connectivity index (χ0n) is 15.6. The third-order valence-corrected chi connectivity index (χ3v) is 5.83. The van der Waals surface area contributed by atoms with Crippen LogP contribution in [0.1, 0.15) is 29.5 Å². The second-order valence-corrected chi connectivity index (χ2v) is 7.59. The van der Waals surface area contributed by atoms with E-state index in [0.717, 1.165) is 43.9 Å². The van der Waals surface area contributed by atoms with E-state index in [0.29, 0.717) is 17.9 Å². The molecule has 0 bridgehead atoms. The predicted molar refractivity (Wildman–Crippen MR) is 104 cm³/mol. The number of hydrogen-bond donors (Lipinski definition) is 0. The van der Waals surface area contributed by atoms with Gasteiger partial charge in [0.1, 0.15) is 11.9 Å². The summed E-state index contributed by atoms with van der Waals surface area (Å²) in [5.74, 6) is 1.50. The number of pyridine rings is 1. The summed E-state index contributed by atoms with van der Waals surface area (Å²) in [5.41, 5.74) is 2.86. The summed E-state index contributed by atoms with van der Waals surface area (Å²) in [6, 6.07) is 14.2. The van der Waals surface area contributed by atoms with Crippen LogP contribution in [0, 0.1) is 24.2 Å². The van der Waals surface area contributed by atoms with E-state index >= 15 is 0 Å². The Morgan fingerprint density at radius 1 is 1.26 bits per heavy atom. The molecule has 2 aliphatic rings. The van der Waals surface area contributed by atoms with E-state index < -0.39 is 0 Å². The number of benzene rings is 1. The number of aryl methyl sites for hydroxylation is 1. The van der Waals surface area contributed by atoms with Gasteiger partial charge in [-0.2, -0.15) is 5.26 Å². The van der Waals surface area contributed by atoms with Crippen molar-refractivity contribution in [3.63, 3.8) is 0 Å². The molecule has 4 rings (SSSR count). The van der Waals surface area contributed by atoms with Crippen LogP contribution >= 0.6 is 0 Å². The van der Waals surface area contributed by atoms with E-state index in [1.807, 2.05) is 18.2 Å². The Labute approximate surface area is 160 Å². The first-order valence-corrected chi connectivity index (χ1v) is 9.61. The van der Waals surface area contributed by atoms with Crippen LogP contribution in [0.25, 0.3) is 0 Å². The molecular formula is C22H24N4O. The molecule has 5 heteroatoms. The van der Waals surface area contributed by atoms with Gasteiger partial charge in [0.2, 0.25) is 5.91 Å². The molecule has 3 heterocycles. The summed E-state index contributed by atoms with van der Waals surface area (Å²) in [5, 5.41) is 9.38. The van der Waals surface area contributed by atoms with Gasteiger partial charge in [0.15, 0.2) is 0 Å². The summed E-state index contributed by atoms with van der Waals surface area (Å²) in [4.78, 5) is 21.7. The molecule has 0 spiro atoms. The van der Waals surface area contributed by atoms with E-state index in [1.54, 1.807) is 12.3 Å². The maximum atomic E-state index is 13.0. The molecule has 0 aliphatic carbocycles. The van der Waals surface area contributed by atoms with E-state index in [2.05, 4.69) is 39.9 Å². The van der Waals surface area contributed by atoms with E-state index in [9.17, 15) is 10.1 Å². The van der Waals surface area contributed by atoms with Gasteiger partial charge in [-0.05, 0) is 43.4 Å². The maximum absolute atomic E-state index is 13.0. The average molecular weight is 360 g/mol. The maximum Gasteiger partial charge on any atom is 0.227 e.